The van der Waals surface area contributed by atoms with Crippen LogP contribution in [0.15, 0.2) is 55.5 Å². The van der Waals surface area contributed by atoms with Gasteiger partial charge < -0.3 is 15.0 Å². The van der Waals surface area contributed by atoms with Crippen LogP contribution in [0.1, 0.15) is 89.4 Å². The van der Waals surface area contributed by atoms with Crippen LogP contribution in [0.25, 0.3) is 0 Å². The molecule has 0 aromatic carbocycles. The second kappa shape index (κ2) is 17.2. The Morgan fingerprint density at radius 2 is 1.81 bits per heavy atom. The van der Waals surface area contributed by atoms with Crippen molar-refractivity contribution in [3.63, 3.8) is 0 Å². The number of hydrogen-bond donors (Lipinski definition) is 1. The number of amides is 3. The van der Waals surface area contributed by atoms with Gasteiger partial charge in [0.05, 0.1) is 24.0 Å². The van der Waals surface area contributed by atoms with Gasteiger partial charge in [-0.1, -0.05) is 39.8 Å². The maximum atomic E-state index is 13.2. The van der Waals surface area contributed by atoms with Gasteiger partial charge >= 0.3 is 0 Å². The van der Waals surface area contributed by atoms with Crippen LogP contribution in [0, 0.1) is 25.8 Å². The number of rotatable bonds is 10. The summed E-state index contributed by atoms with van der Waals surface area (Å²) < 4.78 is 6.47. The Hall–Kier alpha value is -5.08. The van der Waals surface area contributed by atoms with Gasteiger partial charge in [-0.2, -0.15) is 0 Å². The number of pyridine rings is 3. The standard InChI is InChI=1S/C34H37N7O4.C2H6.CH4/c1-6-30(42)41-13-7-12-40(14-15-41)21-29(28-11-10-25(18-35-28)24-8-9-24)45-27-17-22(2)31(36-20-27)33(43)38-32-23(3)16-26(19-37-32)34(44)39(4)5;1-2;/h6,10-11,16-20,24,29H,1,8-9,12,14-15,21H2,2-5H3,(H,37,38,43);1-2H3;1H4. The summed E-state index contributed by atoms with van der Waals surface area (Å²) in [6, 6.07) is 10.5. The number of nitrogens with one attached hydrogen (secondary N) is 1. The van der Waals surface area contributed by atoms with Crippen LogP contribution >= 0.6 is 0 Å². The average Bonchev–Trinajstić information content (AvgIpc) is 3.94. The van der Waals surface area contributed by atoms with Crippen molar-refractivity contribution in [3.05, 3.63) is 89.2 Å². The third kappa shape index (κ3) is 9.48. The van der Waals surface area contributed by atoms with E-state index < -0.39 is 12.0 Å². The van der Waals surface area contributed by atoms with Gasteiger partial charge in [0.1, 0.15) is 17.3 Å². The zero-order chi connectivity index (χ0) is 34.1. The van der Waals surface area contributed by atoms with Crippen LogP contribution in [0.3, 0.4) is 0 Å². The van der Waals surface area contributed by atoms with Crippen LogP contribution in [-0.2, 0) is 4.79 Å². The predicted molar refractivity (Wildman–Crippen MR) is 188 cm³/mol. The van der Waals surface area contributed by atoms with Gasteiger partial charge in [0.2, 0.25) is 0 Å². The molecule has 1 atom stereocenters. The normalized spacial score (nSPS) is 14.4. The molecule has 1 aliphatic carbocycles. The van der Waals surface area contributed by atoms with E-state index in [1.54, 1.807) is 40.1 Å². The molecule has 11 nitrogen and oxygen atoms in total. The zero-order valence-corrected chi connectivity index (χ0v) is 28.0. The van der Waals surface area contributed by atoms with Crippen molar-refractivity contribution in [2.45, 2.75) is 60.0 Å². The molecule has 0 radical (unpaired) electrons. The Kier molecular flexibility index (Phi) is 13.4. The van der Waals surface area contributed by atoms with Gasteiger partial charge in [0, 0.05) is 52.2 Å². The Morgan fingerprint density at radius 1 is 1.06 bits per heavy atom. The van der Waals surface area contributed by atoms with E-state index in [1.807, 2.05) is 26.1 Å². The van der Waals surface area contributed by atoms with Crippen molar-refractivity contribution in [2.75, 3.05) is 45.6 Å². The first-order chi connectivity index (χ1) is 22.6. The first kappa shape index (κ1) is 37.4. The third-order valence-corrected chi connectivity index (χ3v) is 7.72. The highest BCUT2D eigenvalue weighted by atomic mass is 16.5. The summed E-state index contributed by atoms with van der Waals surface area (Å²) >= 11 is 0. The number of ether oxygens (including phenoxy) is 1. The highest BCUT2D eigenvalue weighted by Gasteiger charge is 2.26. The second-order valence-electron chi connectivity index (χ2n) is 11.5. The molecular weight excluding hydrogens is 606 g/mol. The summed E-state index contributed by atoms with van der Waals surface area (Å²) in [6.07, 6.45) is 8.09. The van der Waals surface area contributed by atoms with Crippen LogP contribution in [0.2, 0.25) is 0 Å². The third-order valence-electron chi connectivity index (χ3n) is 7.72. The minimum Gasteiger partial charge on any atom is -0.481 e. The number of aromatic nitrogens is 3. The molecule has 0 bridgehead atoms. The topological polar surface area (TPSA) is 121 Å². The van der Waals surface area contributed by atoms with Gasteiger partial charge in [0.25, 0.3) is 17.7 Å². The molecule has 0 saturated heterocycles. The summed E-state index contributed by atoms with van der Waals surface area (Å²) in [6.45, 7) is 13.1. The number of hydrogen-bond acceptors (Lipinski definition) is 8. The Bertz CT molecular complexity index is 1670. The summed E-state index contributed by atoms with van der Waals surface area (Å²) in [4.78, 5) is 56.0. The van der Waals surface area contributed by atoms with Crippen LogP contribution in [0.5, 0.6) is 5.75 Å². The number of nitrogens with zero attached hydrogens (tertiary/aromatic N) is 6. The maximum absolute atomic E-state index is 13.2. The monoisotopic (exact) mass is 653 g/mol. The molecule has 3 aromatic heterocycles. The van der Waals surface area contributed by atoms with E-state index >= 15 is 0 Å². The van der Waals surface area contributed by atoms with Crippen molar-refractivity contribution in [1.82, 2.24) is 29.7 Å². The van der Waals surface area contributed by atoms with Crippen LogP contribution in [0.4, 0.5) is 5.82 Å². The summed E-state index contributed by atoms with van der Waals surface area (Å²) in [7, 11) is 3.34. The van der Waals surface area contributed by atoms with Crippen molar-refractivity contribution < 1.29 is 19.1 Å². The van der Waals surface area contributed by atoms with E-state index in [-0.39, 0.29) is 24.9 Å². The van der Waals surface area contributed by atoms with E-state index in [0.29, 0.717) is 60.4 Å². The molecule has 3 amide bonds. The lowest BCUT2D eigenvalue weighted by Crippen LogP contribution is -2.36. The van der Waals surface area contributed by atoms with Gasteiger partial charge in [-0.3, -0.25) is 29.2 Å². The zero-order valence-electron chi connectivity index (χ0n) is 28.0. The van der Waals surface area contributed by atoms with Gasteiger partial charge in [0.15, 0.2) is 6.10 Å². The number of carbonyl (C=O) groups is 3. The number of anilines is 1. The van der Waals surface area contributed by atoms with Crippen molar-refractivity contribution in [3.8, 4) is 17.7 Å². The molecule has 1 unspecified atom stereocenters. The van der Waals surface area contributed by atoms with E-state index in [0.717, 1.165) is 5.69 Å². The lowest BCUT2D eigenvalue weighted by atomic mass is 10.1. The molecule has 5 rings (SSSR count). The summed E-state index contributed by atoms with van der Waals surface area (Å²) in [5, 5.41) is 2.80. The van der Waals surface area contributed by atoms with Crippen LogP contribution < -0.4 is 10.1 Å². The molecule has 48 heavy (non-hydrogen) atoms. The Balaban J connectivity index is 0.00000204. The largest absolute Gasteiger partial charge is 0.481 e. The van der Waals surface area contributed by atoms with Crippen LogP contribution in [-0.4, -0.2) is 87.6 Å². The Labute approximate surface area is 284 Å². The van der Waals surface area contributed by atoms with Gasteiger partial charge in [-0.25, -0.2) is 9.97 Å². The first-order valence-corrected chi connectivity index (χ1v) is 15.9. The molecule has 1 N–H and O–H groups in total. The highest BCUT2D eigenvalue weighted by molar-refractivity contribution is 6.04. The average molecular weight is 654 g/mol. The number of carbonyl (C=O) groups excluding carboxylic acids is 3. The fraction of sp³-hybridized carbons (Fsp3) is 0.405. The van der Waals surface area contributed by atoms with E-state index in [4.69, 9.17) is 9.72 Å². The van der Waals surface area contributed by atoms with Crippen molar-refractivity contribution >= 4 is 23.5 Å². The molecule has 2 aliphatic rings. The lowest BCUT2D eigenvalue weighted by molar-refractivity contribution is -0.123. The first-order valence-electron chi connectivity index (χ1n) is 15.9. The van der Waals surface area contributed by atoms with E-state index in [1.165, 1.54) is 46.7 Å². The molecule has 11 heteroatoms. The number of aryl methyl sites for hydroxylation is 2. The maximum Gasteiger partial charge on any atom is 0.275 e. The van der Waals surface area contributed by atoms with Gasteiger partial charge in [-0.15, -0.1) is 0 Å². The minimum absolute atomic E-state index is 0. The summed E-state index contributed by atoms with van der Waals surface area (Å²) in [5.41, 5.74) is 3.95. The molecular formula is C37H47N7O4. The Morgan fingerprint density at radius 3 is 2.42 bits per heavy atom. The molecule has 254 valence electrons. The van der Waals surface area contributed by atoms with Crippen molar-refractivity contribution in [1.29, 1.82) is 0 Å². The molecule has 3 aromatic rings. The van der Waals surface area contributed by atoms with Crippen molar-refractivity contribution in [2.24, 2.45) is 0 Å². The quantitative estimate of drug-likeness (QED) is 0.228. The molecule has 1 fully saturated rings. The second-order valence-corrected chi connectivity index (χ2v) is 11.5. The van der Waals surface area contributed by atoms with E-state index in [2.05, 4.69) is 44.8 Å². The smallest absolute Gasteiger partial charge is 0.275 e. The van der Waals surface area contributed by atoms with E-state index in [9.17, 15) is 14.4 Å². The highest BCUT2D eigenvalue weighted by Crippen LogP contribution is 2.40. The van der Waals surface area contributed by atoms with Gasteiger partial charge in [-0.05, 0) is 73.6 Å². The molecule has 1 saturated carbocycles. The lowest BCUT2D eigenvalue weighted by Gasteiger charge is -2.26. The summed E-state index contributed by atoms with van der Waals surface area (Å²) in [5.74, 6) is 3.68. The fourth-order valence-electron chi connectivity index (χ4n) is 5.00. The fourth-order valence-corrected chi connectivity index (χ4v) is 5.00. The predicted octanol–water partition coefficient (Wildman–Crippen LogP) is 5.39. The molecule has 4 heterocycles. The minimum atomic E-state index is -0.446. The SMILES string of the molecule is C.C=CC(=O)N1C#CCN(CC(Oc2cnc(C(=O)Nc3ncc(C(=O)N(C)C)cc3C)c(C)c2)c2ccc(C3CC3)cn2)CC1.CC. The molecule has 1 aliphatic heterocycles. The molecule has 0 spiro atoms.